The first-order valence-corrected chi connectivity index (χ1v) is 6.36. The highest BCUT2D eigenvalue weighted by Crippen LogP contribution is 2.18. The molecule has 0 aliphatic rings. The molecule has 6 nitrogen and oxygen atoms in total. The van der Waals surface area contributed by atoms with Crippen LogP contribution in [0, 0.1) is 5.82 Å². The molecule has 122 valence electrons. The van der Waals surface area contributed by atoms with Gasteiger partial charge >= 0.3 is 6.61 Å². The second-order valence-corrected chi connectivity index (χ2v) is 4.26. The van der Waals surface area contributed by atoms with Gasteiger partial charge < -0.3 is 14.8 Å². The van der Waals surface area contributed by atoms with E-state index in [4.69, 9.17) is 4.74 Å². The average molecular weight is 327 g/mol. The highest BCUT2D eigenvalue weighted by atomic mass is 19.3. The zero-order chi connectivity index (χ0) is 16.8. The summed E-state index contributed by atoms with van der Waals surface area (Å²) >= 11 is 0. The Morgan fingerprint density at radius 2 is 2.17 bits per heavy atom. The van der Waals surface area contributed by atoms with Gasteiger partial charge in [0.05, 0.1) is 12.7 Å². The maximum atomic E-state index is 13.5. The first-order chi connectivity index (χ1) is 11.0. The lowest BCUT2D eigenvalue weighted by atomic mass is 10.2. The number of hydrogen-bond donors (Lipinski definition) is 1. The molecule has 0 spiro atoms. The summed E-state index contributed by atoms with van der Waals surface area (Å²) in [5.74, 6) is -2.13. The minimum absolute atomic E-state index is 0.0900. The van der Waals surface area contributed by atoms with E-state index in [2.05, 4.69) is 20.0 Å². The molecular weight excluding hydrogens is 315 g/mol. The summed E-state index contributed by atoms with van der Waals surface area (Å²) in [6.07, 6.45) is 3.99. The van der Waals surface area contributed by atoms with Crippen molar-refractivity contribution in [3.63, 3.8) is 0 Å². The number of aromatic nitrogens is 2. The highest BCUT2D eigenvalue weighted by molar-refractivity contribution is 5.93. The van der Waals surface area contributed by atoms with Gasteiger partial charge in [-0.1, -0.05) is 0 Å². The van der Waals surface area contributed by atoms with Crippen molar-refractivity contribution in [3.05, 3.63) is 47.7 Å². The molecule has 23 heavy (non-hydrogen) atoms. The normalized spacial score (nSPS) is 10.5. The van der Waals surface area contributed by atoms with Gasteiger partial charge in [0.1, 0.15) is 5.75 Å². The molecule has 0 bridgehead atoms. The van der Waals surface area contributed by atoms with Crippen molar-refractivity contribution in [3.8, 4) is 11.6 Å². The van der Waals surface area contributed by atoms with Gasteiger partial charge in [-0.25, -0.2) is 9.37 Å². The van der Waals surface area contributed by atoms with Gasteiger partial charge in [-0.2, -0.15) is 8.78 Å². The molecule has 2 rings (SSSR count). The Morgan fingerprint density at radius 1 is 1.39 bits per heavy atom. The van der Waals surface area contributed by atoms with Crippen LogP contribution in [0.4, 0.5) is 13.2 Å². The molecule has 0 radical (unpaired) electrons. The van der Waals surface area contributed by atoms with Crippen molar-refractivity contribution >= 4 is 5.91 Å². The van der Waals surface area contributed by atoms with E-state index in [0.29, 0.717) is 11.3 Å². The molecule has 9 heteroatoms. The molecule has 0 fully saturated rings. The number of nitrogens with one attached hydrogen (secondary N) is 1. The van der Waals surface area contributed by atoms with Crippen LogP contribution in [0.15, 0.2) is 30.7 Å². The topological polar surface area (TPSA) is 73.3 Å². The summed E-state index contributed by atoms with van der Waals surface area (Å²) < 4.78 is 46.5. The number of hydrogen-bond acceptors (Lipinski definition) is 5. The number of alkyl halides is 2. The maximum absolute atomic E-state index is 13.5. The molecule has 0 saturated carbocycles. The largest absolute Gasteiger partial charge is 0.496 e. The SMILES string of the molecule is COc1ccncc1CNC(=O)c1cnc(OC(F)F)c(F)c1. The fourth-order valence-electron chi connectivity index (χ4n) is 1.74. The minimum Gasteiger partial charge on any atom is -0.496 e. The summed E-state index contributed by atoms with van der Waals surface area (Å²) in [5.41, 5.74) is 0.487. The fraction of sp³-hybridized carbons (Fsp3) is 0.214. The van der Waals surface area contributed by atoms with Crippen LogP contribution >= 0.6 is 0 Å². The second kappa shape index (κ2) is 7.43. The number of halogens is 3. The molecule has 0 unspecified atom stereocenters. The zero-order valence-corrected chi connectivity index (χ0v) is 11.9. The number of amides is 1. The number of ether oxygens (including phenoxy) is 2. The molecule has 1 N–H and O–H groups in total. The average Bonchev–Trinajstić information content (AvgIpc) is 2.54. The number of nitrogens with zero attached hydrogens (tertiary/aromatic N) is 2. The zero-order valence-electron chi connectivity index (χ0n) is 11.9. The third kappa shape index (κ3) is 4.31. The van der Waals surface area contributed by atoms with Crippen LogP contribution < -0.4 is 14.8 Å². The van der Waals surface area contributed by atoms with Crippen LogP contribution in [0.3, 0.4) is 0 Å². The van der Waals surface area contributed by atoms with E-state index in [0.717, 1.165) is 12.3 Å². The standard InChI is InChI=1S/C14H12F3N3O3/c1-22-11-2-3-18-5-9(11)7-19-12(21)8-4-10(15)13(20-6-8)23-14(16)17/h2-6,14H,7H2,1H3,(H,19,21). The smallest absolute Gasteiger partial charge is 0.388 e. The van der Waals surface area contributed by atoms with Crippen molar-refractivity contribution in [2.45, 2.75) is 13.2 Å². The Morgan fingerprint density at radius 3 is 2.83 bits per heavy atom. The summed E-state index contributed by atoms with van der Waals surface area (Å²) in [7, 11) is 1.47. The third-order valence-corrected chi connectivity index (χ3v) is 2.79. The van der Waals surface area contributed by atoms with Crippen LogP contribution in [0.1, 0.15) is 15.9 Å². The fourth-order valence-corrected chi connectivity index (χ4v) is 1.74. The summed E-state index contributed by atoms with van der Waals surface area (Å²) in [4.78, 5) is 19.2. The Kier molecular flexibility index (Phi) is 5.34. The van der Waals surface area contributed by atoms with Gasteiger partial charge in [0.2, 0.25) is 0 Å². The molecule has 0 aromatic carbocycles. The predicted octanol–water partition coefficient (Wildman–Crippen LogP) is 2.16. The molecule has 2 aromatic rings. The number of rotatable bonds is 6. The second-order valence-electron chi connectivity index (χ2n) is 4.26. The first kappa shape index (κ1) is 16.5. The molecule has 0 aliphatic heterocycles. The van der Waals surface area contributed by atoms with Crippen LogP contribution in [-0.2, 0) is 6.54 Å². The van der Waals surface area contributed by atoms with E-state index in [1.54, 1.807) is 6.07 Å². The third-order valence-electron chi connectivity index (χ3n) is 2.79. The Bertz CT molecular complexity index is 698. The van der Waals surface area contributed by atoms with Crippen molar-refractivity contribution in [2.75, 3.05) is 7.11 Å². The summed E-state index contributed by atoms with van der Waals surface area (Å²) in [5, 5.41) is 2.52. The van der Waals surface area contributed by atoms with E-state index in [1.807, 2.05) is 0 Å². The number of pyridine rings is 2. The van der Waals surface area contributed by atoms with E-state index in [-0.39, 0.29) is 12.1 Å². The number of carbonyl (C=O) groups is 1. The lowest BCUT2D eigenvalue weighted by Crippen LogP contribution is -2.23. The van der Waals surface area contributed by atoms with Gasteiger partial charge in [0.25, 0.3) is 11.8 Å². The van der Waals surface area contributed by atoms with Crippen molar-refractivity contribution < 1.29 is 27.4 Å². The molecule has 1 amide bonds. The predicted molar refractivity (Wildman–Crippen MR) is 72.8 cm³/mol. The minimum atomic E-state index is -3.20. The van der Waals surface area contributed by atoms with E-state index >= 15 is 0 Å². The highest BCUT2D eigenvalue weighted by Gasteiger charge is 2.15. The first-order valence-electron chi connectivity index (χ1n) is 6.36. The molecule has 2 heterocycles. The molecule has 0 atom stereocenters. The molecule has 2 aromatic heterocycles. The number of methoxy groups -OCH3 is 1. The molecule has 0 saturated heterocycles. The van der Waals surface area contributed by atoms with Crippen LogP contribution in [0.5, 0.6) is 11.6 Å². The molecule has 0 aliphatic carbocycles. The van der Waals surface area contributed by atoms with Crippen LogP contribution in [0.2, 0.25) is 0 Å². The van der Waals surface area contributed by atoms with Crippen LogP contribution in [0.25, 0.3) is 0 Å². The lowest BCUT2D eigenvalue weighted by Gasteiger charge is -2.09. The van der Waals surface area contributed by atoms with E-state index in [9.17, 15) is 18.0 Å². The van der Waals surface area contributed by atoms with Gasteiger partial charge in [0.15, 0.2) is 5.82 Å². The van der Waals surface area contributed by atoms with Crippen molar-refractivity contribution in [2.24, 2.45) is 0 Å². The quantitative estimate of drug-likeness (QED) is 0.880. The van der Waals surface area contributed by atoms with Gasteiger partial charge in [0, 0.05) is 30.7 Å². The van der Waals surface area contributed by atoms with Gasteiger partial charge in [-0.3, -0.25) is 9.78 Å². The van der Waals surface area contributed by atoms with E-state index in [1.165, 1.54) is 19.5 Å². The lowest BCUT2D eigenvalue weighted by molar-refractivity contribution is -0.0553. The summed E-state index contributed by atoms with van der Waals surface area (Å²) in [6, 6.07) is 2.39. The Balaban J connectivity index is 2.05. The summed E-state index contributed by atoms with van der Waals surface area (Å²) in [6.45, 7) is -3.11. The molecular formula is C14H12F3N3O3. The van der Waals surface area contributed by atoms with Crippen LogP contribution in [-0.4, -0.2) is 29.6 Å². The monoisotopic (exact) mass is 327 g/mol. The Hall–Kier alpha value is -2.84. The van der Waals surface area contributed by atoms with Crippen molar-refractivity contribution in [1.82, 2.24) is 15.3 Å². The van der Waals surface area contributed by atoms with E-state index < -0.39 is 24.2 Å². The number of carbonyl (C=O) groups excluding carboxylic acids is 1. The van der Waals surface area contributed by atoms with Gasteiger partial charge in [-0.05, 0) is 12.1 Å². The maximum Gasteiger partial charge on any atom is 0.388 e. The van der Waals surface area contributed by atoms with Crippen molar-refractivity contribution in [1.29, 1.82) is 0 Å². The van der Waals surface area contributed by atoms with Gasteiger partial charge in [-0.15, -0.1) is 0 Å². The Labute approximate surface area is 129 Å².